The highest BCUT2D eigenvalue weighted by Crippen LogP contribution is 2.30. The summed E-state index contributed by atoms with van der Waals surface area (Å²) in [7, 11) is 0. The van der Waals surface area contributed by atoms with Crippen molar-refractivity contribution in [1.82, 2.24) is 14.9 Å². The maximum absolute atomic E-state index is 12.7. The summed E-state index contributed by atoms with van der Waals surface area (Å²) in [5, 5.41) is 2.75. The first kappa shape index (κ1) is 15.5. The molecule has 0 spiro atoms. The van der Waals surface area contributed by atoms with Crippen LogP contribution in [0.4, 0.5) is 0 Å². The van der Waals surface area contributed by atoms with Crippen LogP contribution in [0.15, 0.2) is 40.5 Å². The molecule has 3 aromatic rings. The van der Waals surface area contributed by atoms with Gasteiger partial charge in [0.15, 0.2) is 0 Å². The minimum Gasteiger partial charge on any atom is -0.309 e. The van der Waals surface area contributed by atoms with Crippen LogP contribution in [0.2, 0.25) is 0 Å². The van der Waals surface area contributed by atoms with Crippen LogP contribution < -0.4 is 5.56 Å². The SMILES string of the molecule is CC1CCCN(Cc2nc3scc(-c4ccccc4)c3c(=O)[nH]2)C1. The van der Waals surface area contributed by atoms with Crippen LogP contribution in [-0.4, -0.2) is 28.0 Å². The van der Waals surface area contributed by atoms with Gasteiger partial charge in [0.2, 0.25) is 0 Å². The second-order valence-electron chi connectivity index (χ2n) is 6.69. The second kappa shape index (κ2) is 6.49. The standard InChI is InChI=1S/C19H21N3OS/c1-13-6-5-9-22(10-13)11-16-20-18(23)17-15(12-24-19(17)21-16)14-7-3-2-4-8-14/h2-4,7-8,12-13H,5-6,9-11H2,1H3,(H,20,21,23). The minimum absolute atomic E-state index is 0.0276. The number of nitrogens with one attached hydrogen (secondary N) is 1. The molecule has 24 heavy (non-hydrogen) atoms. The molecule has 1 N–H and O–H groups in total. The summed E-state index contributed by atoms with van der Waals surface area (Å²) in [5.74, 6) is 1.50. The predicted molar refractivity (Wildman–Crippen MR) is 99.4 cm³/mol. The maximum atomic E-state index is 12.7. The Balaban J connectivity index is 1.68. The number of rotatable bonds is 3. The van der Waals surface area contributed by atoms with Gasteiger partial charge in [0.05, 0.1) is 11.9 Å². The molecule has 4 nitrogen and oxygen atoms in total. The van der Waals surface area contributed by atoms with Gasteiger partial charge in [-0.2, -0.15) is 0 Å². The largest absolute Gasteiger partial charge is 0.309 e. The summed E-state index contributed by atoms with van der Waals surface area (Å²) in [6.07, 6.45) is 2.52. The number of likely N-dealkylation sites (tertiary alicyclic amines) is 1. The minimum atomic E-state index is -0.0276. The lowest BCUT2D eigenvalue weighted by Crippen LogP contribution is -2.34. The van der Waals surface area contributed by atoms with E-state index in [1.165, 1.54) is 12.8 Å². The van der Waals surface area contributed by atoms with Crippen LogP contribution in [0.1, 0.15) is 25.6 Å². The summed E-state index contributed by atoms with van der Waals surface area (Å²) < 4.78 is 0. The van der Waals surface area contributed by atoms with Gasteiger partial charge in [-0.15, -0.1) is 11.3 Å². The molecule has 1 saturated heterocycles. The molecule has 124 valence electrons. The lowest BCUT2D eigenvalue weighted by Gasteiger charge is -2.30. The maximum Gasteiger partial charge on any atom is 0.260 e. The molecule has 4 rings (SSSR count). The van der Waals surface area contributed by atoms with Gasteiger partial charge >= 0.3 is 0 Å². The molecule has 1 aliphatic rings. The van der Waals surface area contributed by atoms with E-state index in [2.05, 4.69) is 16.8 Å². The van der Waals surface area contributed by atoms with Crippen molar-refractivity contribution in [3.8, 4) is 11.1 Å². The summed E-state index contributed by atoms with van der Waals surface area (Å²) in [6.45, 7) is 5.19. The van der Waals surface area contributed by atoms with E-state index < -0.39 is 0 Å². The van der Waals surface area contributed by atoms with Crippen LogP contribution in [0.5, 0.6) is 0 Å². The van der Waals surface area contributed by atoms with Crippen molar-refractivity contribution in [3.63, 3.8) is 0 Å². The third-order valence-electron chi connectivity index (χ3n) is 4.69. The zero-order valence-corrected chi connectivity index (χ0v) is 14.6. The number of aromatic nitrogens is 2. The Labute approximate surface area is 145 Å². The molecule has 1 aliphatic heterocycles. The molecule has 0 amide bonds. The van der Waals surface area contributed by atoms with Crippen molar-refractivity contribution >= 4 is 21.6 Å². The Bertz CT molecular complexity index is 900. The Morgan fingerprint density at radius 2 is 2.17 bits per heavy atom. The first-order valence-electron chi connectivity index (χ1n) is 8.49. The monoisotopic (exact) mass is 339 g/mol. The van der Waals surface area contributed by atoms with Crippen molar-refractivity contribution in [2.45, 2.75) is 26.3 Å². The van der Waals surface area contributed by atoms with E-state index in [1.54, 1.807) is 11.3 Å². The van der Waals surface area contributed by atoms with Crippen LogP contribution in [0.25, 0.3) is 21.3 Å². The molecule has 5 heteroatoms. The Hall–Kier alpha value is -1.98. The van der Waals surface area contributed by atoms with E-state index in [1.807, 2.05) is 35.7 Å². The summed E-state index contributed by atoms with van der Waals surface area (Å²) in [4.78, 5) is 23.6. The van der Waals surface area contributed by atoms with E-state index in [0.717, 1.165) is 47.3 Å². The van der Waals surface area contributed by atoms with E-state index in [-0.39, 0.29) is 5.56 Å². The molecule has 1 aromatic carbocycles. The normalized spacial score (nSPS) is 19.0. The number of aromatic amines is 1. The molecular weight excluding hydrogens is 318 g/mol. The van der Waals surface area contributed by atoms with Crippen molar-refractivity contribution in [1.29, 1.82) is 0 Å². The number of piperidine rings is 1. The topological polar surface area (TPSA) is 49.0 Å². The fraction of sp³-hybridized carbons (Fsp3) is 0.368. The molecule has 1 unspecified atom stereocenters. The molecule has 0 saturated carbocycles. The lowest BCUT2D eigenvalue weighted by molar-refractivity contribution is 0.173. The van der Waals surface area contributed by atoms with Gasteiger partial charge in [0.1, 0.15) is 10.7 Å². The number of hydrogen-bond donors (Lipinski definition) is 1. The van der Waals surface area contributed by atoms with Crippen molar-refractivity contribution < 1.29 is 0 Å². The smallest absolute Gasteiger partial charge is 0.260 e. The number of fused-ring (bicyclic) bond motifs is 1. The zero-order chi connectivity index (χ0) is 16.5. The molecule has 0 radical (unpaired) electrons. The van der Waals surface area contributed by atoms with Crippen molar-refractivity contribution in [2.75, 3.05) is 13.1 Å². The lowest BCUT2D eigenvalue weighted by atomic mass is 10.0. The average molecular weight is 339 g/mol. The van der Waals surface area contributed by atoms with Gasteiger partial charge in [0, 0.05) is 17.5 Å². The number of thiophene rings is 1. The number of H-pyrrole nitrogens is 1. The Morgan fingerprint density at radius 3 is 2.96 bits per heavy atom. The van der Waals surface area contributed by atoms with E-state index in [4.69, 9.17) is 4.98 Å². The fourth-order valence-corrected chi connectivity index (χ4v) is 4.51. The van der Waals surface area contributed by atoms with Crippen LogP contribution in [0.3, 0.4) is 0 Å². The van der Waals surface area contributed by atoms with Crippen molar-refractivity contribution in [3.05, 3.63) is 51.9 Å². The van der Waals surface area contributed by atoms with Crippen molar-refractivity contribution in [2.24, 2.45) is 5.92 Å². The number of hydrogen-bond acceptors (Lipinski definition) is 4. The molecule has 3 heterocycles. The fourth-order valence-electron chi connectivity index (χ4n) is 3.54. The molecule has 1 fully saturated rings. The van der Waals surface area contributed by atoms with E-state index >= 15 is 0 Å². The van der Waals surface area contributed by atoms with E-state index in [0.29, 0.717) is 5.39 Å². The quantitative estimate of drug-likeness (QED) is 0.788. The molecule has 2 aromatic heterocycles. The third kappa shape index (κ3) is 3.01. The van der Waals surface area contributed by atoms with Gasteiger partial charge in [-0.05, 0) is 30.9 Å². The highest BCUT2D eigenvalue weighted by Gasteiger charge is 2.18. The molecular formula is C19H21N3OS. The van der Waals surface area contributed by atoms with Gasteiger partial charge in [-0.3, -0.25) is 9.69 Å². The van der Waals surface area contributed by atoms with Gasteiger partial charge in [-0.25, -0.2) is 4.98 Å². The van der Waals surface area contributed by atoms with E-state index in [9.17, 15) is 4.79 Å². The predicted octanol–water partition coefficient (Wildman–Crippen LogP) is 3.88. The van der Waals surface area contributed by atoms with Gasteiger partial charge < -0.3 is 4.98 Å². The summed E-state index contributed by atoms with van der Waals surface area (Å²) in [5.41, 5.74) is 2.01. The second-order valence-corrected chi connectivity index (χ2v) is 7.55. The zero-order valence-electron chi connectivity index (χ0n) is 13.8. The van der Waals surface area contributed by atoms with Crippen LogP contribution in [0, 0.1) is 5.92 Å². The van der Waals surface area contributed by atoms with Gasteiger partial charge in [0.25, 0.3) is 5.56 Å². The summed E-state index contributed by atoms with van der Waals surface area (Å²) >= 11 is 1.55. The Morgan fingerprint density at radius 1 is 1.33 bits per heavy atom. The average Bonchev–Trinajstić information content (AvgIpc) is 3.00. The first-order chi connectivity index (χ1) is 11.7. The molecule has 1 atom stereocenters. The van der Waals surface area contributed by atoms with Gasteiger partial charge in [-0.1, -0.05) is 37.3 Å². The number of nitrogens with zero attached hydrogens (tertiary/aromatic N) is 2. The first-order valence-corrected chi connectivity index (χ1v) is 9.37. The number of benzene rings is 1. The molecule has 0 aliphatic carbocycles. The van der Waals surface area contributed by atoms with Crippen LogP contribution in [-0.2, 0) is 6.54 Å². The van der Waals surface area contributed by atoms with Crippen LogP contribution >= 0.6 is 11.3 Å². The third-order valence-corrected chi connectivity index (χ3v) is 5.56. The highest BCUT2D eigenvalue weighted by atomic mass is 32.1. The molecule has 0 bridgehead atoms. The highest BCUT2D eigenvalue weighted by molar-refractivity contribution is 7.17. The Kier molecular flexibility index (Phi) is 4.21. The summed E-state index contributed by atoms with van der Waals surface area (Å²) in [6, 6.07) is 10.0.